The number of rotatable bonds is 7. The first-order valence-electron chi connectivity index (χ1n) is 10.7. The maximum Gasteiger partial charge on any atom is 0.387 e. The summed E-state index contributed by atoms with van der Waals surface area (Å²) in [5.41, 5.74) is 1.40. The molecular formula is C23H23F2N5O4. The van der Waals surface area contributed by atoms with Gasteiger partial charge in [0.05, 0.1) is 16.4 Å². The average Bonchev–Trinajstić information content (AvgIpc) is 2.83. The number of piperazine rings is 1. The Hall–Kier alpha value is -3.86. The second kappa shape index (κ2) is 9.96. The smallest absolute Gasteiger partial charge is 0.387 e. The molecule has 3 aromatic rings. The Balaban J connectivity index is 1.38. The molecule has 0 saturated carbocycles. The Morgan fingerprint density at radius 1 is 1.09 bits per heavy atom. The number of carbonyl (C=O) groups is 1. The lowest BCUT2D eigenvalue weighted by atomic mass is 10.1. The molecule has 0 bridgehead atoms. The number of hydrogen-bond donors (Lipinski definition) is 1. The SMILES string of the molecule is C[C@H](C(=O)Nc1ccc(OC(F)F)cc1)N1CCN(c2ccc([N+](=O)[O-])c3cnccc23)CC1. The summed E-state index contributed by atoms with van der Waals surface area (Å²) in [6.45, 7) is 1.45. The number of fused-ring (bicyclic) bond motifs is 1. The van der Waals surface area contributed by atoms with Gasteiger partial charge in [-0.1, -0.05) is 0 Å². The van der Waals surface area contributed by atoms with Crippen molar-refractivity contribution in [3.05, 3.63) is 65.0 Å². The molecule has 1 fully saturated rings. The van der Waals surface area contributed by atoms with Crippen LogP contribution < -0.4 is 15.0 Å². The van der Waals surface area contributed by atoms with Crippen LogP contribution in [0.3, 0.4) is 0 Å². The summed E-state index contributed by atoms with van der Waals surface area (Å²) in [6, 6.07) is 10.4. The van der Waals surface area contributed by atoms with Gasteiger partial charge in [0.15, 0.2) is 0 Å². The van der Waals surface area contributed by atoms with Gasteiger partial charge in [0.2, 0.25) is 5.91 Å². The van der Waals surface area contributed by atoms with Crippen molar-refractivity contribution in [2.75, 3.05) is 36.4 Å². The molecule has 9 nitrogen and oxygen atoms in total. The zero-order chi connectivity index (χ0) is 24.2. The number of carbonyl (C=O) groups excluding carboxylic acids is 1. The third-order valence-corrected chi connectivity index (χ3v) is 5.90. The fourth-order valence-electron chi connectivity index (χ4n) is 4.08. The molecule has 34 heavy (non-hydrogen) atoms. The number of nitrogens with one attached hydrogen (secondary N) is 1. The normalized spacial score (nSPS) is 15.4. The first-order valence-corrected chi connectivity index (χ1v) is 10.7. The highest BCUT2D eigenvalue weighted by Crippen LogP contribution is 2.33. The minimum absolute atomic E-state index is 0.0181. The van der Waals surface area contributed by atoms with Crippen LogP contribution in [0.1, 0.15) is 6.92 Å². The second-order valence-electron chi connectivity index (χ2n) is 7.87. The topological polar surface area (TPSA) is 101 Å². The Kier molecular flexibility index (Phi) is 6.82. The van der Waals surface area contributed by atoms with Gasteiger partial charge in [-0.3, -0.25) is 24.8 Å². The van der Waals surface area contributed by atoms with Crippen LogP contribution in [0, 0.1) is 10.1 Å². The highest BCUT2D eigenvalue weighted by molar-refractivity contribution is 5.99. The zero-order valence-electron chi connectivity index (χ0n) is 18.4. The van der Waals surface area contributed by atoms with Crippen LogP contribution >= 0.6 is 0 Å². The van der Waals surface area contributed by atoms with E-state index in [4.69, 9.17) is 0 Å². The summed E-state index contributed by atoms with van der Waals surface area (Å²) in [4.78, 5) is 31.9. The summed E-state index contributed by atoms with van der Waals surface area (Å²) >= 11 is 0. The van der Waals surface area contributed by atoms with Crippen LogP contribution in [0.25, 0.3) is 10.8 Å². The van der Waals surface area contributed by atoms with Gasteiger partial charge >= 0.3 is 6.61 Å². The summed E-state index contributed by atoms with van der Waals surface area (Å²) in [6.07, 6.45) is 3.12. The van der Waals surface area contributed by atoms with Crippen molar-refractivity contribution >= 4 is 33.7 Å². The number of pyridine rings is 1. The van der Waals surface area contributed by atoms with Crippen molar-refractivity contribution in [3.8, 4) is 5.75 Å². The van der Waals surface area contributed by atoms with Crippen molar-refractivity contribution in [2.24, 2.45) is 0 Å². The number of ether oxygens (including phenoxy) is 1. The van der Waals surface area contributed by atoms with Crippen molar-refractivity contribution in [3.63, 3.8) is 0 Å². The number of amides is 1. The van der Waals surface area contributed by atoms with E-state index in [1.807, 2.05) is 6.92 Å². The number of alkyl halides is 2. The van der Waals surface area contributed by atoms with E-state index in [9.17, 15) is 23.7 Å². The molecular weight excluding hydrogens is 448 g/mol. The largest absolute Gasteiger partial charge is 0.435 e. The maximum atomic E-state index is 12.7. The predicted molar refractivity (Wildman–Crippen MR) is 123 cm³/mol. The van der Waals surface area contributed by atoms with Gasteiger partial charge < -0.3 is 15.0 Å². The summed E-state index contributed by atoms with van der Waals surface area (Å²) in [7, 11) is 0. The first-order chi connectivity index (χ1) is 16.3. The van der Waals surface area contributed by atoms with Gasteiger partial charge in [-0.2, -0.15) is 8.78 Å². The highest BCUT2D eigenvalue weighted by atomic mass is 19.3. The fourth-order valence-corrected chi connectivity index (χ4v) is 4.08. The number of halogens is 2. The molecule has 0 aliphatic carbocycles. The number of benzene rings is 2. The molecule has 1 N–H and O–H groups in total. The van der Waals surface area contributed by atoms with Crippen molar-refractivity contribution in [1.82, 2.24) is 9.88 Å². The molecule has 1 aliphatic rings. The van der Waals surface area contributed by atoms with Crippen LogP contribution in [0.4, 0.5) is 25.8 Å². The molecule has 2 heterocycles. The van der Waals surface area contributed by atoms with Gasteiger partial charge in [0.25, 0.3) is 5.69 Å². The molecule has 1 amide bonds. The summed E-state index contributed by atoms with van der Waals surface area (Å²) < 4.78 is 28.9. The molecule has 1 atom stereocenters. The number of nitro benzene ring substituents is 1. The number of anilines is 2. The highest BCUT2D eigenvalue weighted by Gasteiger charge is 2.27. The minimum Gasteiger partial charge on any atom is -0.435 e. The van der Waals surface area contributed by atoms with Crippen LogP contribution in [0.2, 0.25) is 0 Å². The van der Waals surface area contributed by atoms with Gasteiger partial charge in [0, 0.05) is 61.4 Å². The van der Waals surface area contributed by atoms with E-state index in [1.165, 1.54) is 36.5 Å². The van der Waals surface area contributed by atoms with E-state index < -0.39 is 17.6 Å². The van der Waals surface area contributed by atoms with E-state index in [0.29, 0.717) is 37.3 Å². The van der Waals surface area contributed by atoms with Gasteiger partial charge in [-0.15, -0.1) is 0 Å². The lowest BCUT2D eigenvalue weighted by Crippen LogP contribution is -2.52. The molecule has 1 aliphatic heterocycles. The van der Waals surface area contributed by atoms with E-state index in [1.54, 1.807) is 18.3 Å². The van der Waals surface area contributed by atoms with Crippen LogP contribution in [0.5, 0.6) is 5.75 Å². The third-order valence-electron chi connectivity index (χ3n) is 5.90. The molecule has 0 unspecified atom stereocenters. The molecule has 11 heteroatoms. The molecule has 0 radical (unpaired) electrons. The monoisotopic (exact) mass is 471 g/mol. The van der Waals surface area contributed by atoms with Crippen molar-refractivity contribution < 1.29 is 23.2 Å². The summed E-state index contributed by atoms with van der Waals surface area (Å²) in [5, 5.41) is 15.4. The Bertz CT molecular complexity index is 1180. The summed E-state index contributed by atoms with van der Waals surface area (Å²) in [5.74, 6) is -0.186. The Morgan fingerprint density at radius 2 is 1.79 bits per heavy atom. The molecule has 0 spiro atoms. The lowest BCUT2D eigenvalue weighted by molar-refractivity contribution is -0.383. The number of aromatic nitrogens is 1. The Morgan fingerprint density at radius 3 is 2.44 bits per heavy atom. The fraction of sp³-hybridized carbons (Fsp3) is 0.304. The predicted octanol–water partition coefficient (Wildman–Crippen LogP) is 3.89. The zero-order valence-corrected chi connectivity index (χ0v) is 18.4. The molecule has 4 rings (SSSR count). The average molecular weight is 471 g/mol. The van der Waals surface area contributed by atoms with Crippen molar-refractivity contribution in [2.45, 2.75) is 19.6 Å². The van der Waals surface area contributed by atoms with Crippen LogP contribution in [-0.4, -0.2) is 59.5 Å². The molecule has 1 aromatic heterocycles. The third kappa shape index (κ3) is 5.04. The number of non-ortho nitro benzene ring substituents is 1. The van der Waals surface area contributed by atoms with Gasteiger partial charge in [0.1, 0.15) is 5.75 Å². The maximum absolute atomic E-state index is 12.7. The second-order valence-corrected chi connectivity index (χ2v) is 7.87. The van der Waals surface area contributed by atoms with Crippen molar-refractivity contribution in [1.29, 1.82) is 0 Å². The molecule has 2 aromatic carbocycles. The van der Waals surface area contributed by atoms with Crippen LogP contribution in [-0.2, 0) is 4.79 Å². The Labute approximate surface area is 194 Å². The minimum atomic E-state index is -2.90. The van der Waals surface area contributed by atoms with E-state index in [2.05, 4.69) is 24.8 Å². The van der Waals surface area contributed by atoms with Crippen LogP contribution in [0.15, 0.2) is 54.9 Å². The molecule has 178 valence electrons. The number of nitro groups is 1. The lowest BCUT2D eigenvalue weighted by Gasteiger charge is -2.38. The standard InChI is InChI=1S/C23H23F2N5O4/c1-15(22(31)27-16-2-4-17(5-3-16)34-23(24)25)28-10-12-29(13-11-28)20-6-7-21(30(32)33)19-14-26-9-8-18(19)20/h2-9,14-15,23H,10-13H2,1H3,(H,27,31)/t15-/m1/s1. The first kappa shape index (κ1) is 23.3. The quantitative estimate of drug-likeness (QED) is 0.412. The van der Waals surface area contributed by atoms with Gasteiger partial charge in [-0.25, -0.2) is 0 Å². The van der Waals surface area contributed by atoms with E-state index in [-0.39, 0.29) is 17.3 Å². The van der Waals surface area contributed by atoms with E-state index in [0.717, 1.165) is 11.1 Å². The van der Waals surface area contributed by atoms with Gasteiger partial charge in [-0.05, 0) is 43.3 Å². The number of hydrogen-bond acceptors (Lipinski definition) is 7. The molecule has 1 saturated heterocycles. The number of nitrogens with zero attached hydrogens (tertiary/aromatic N) is 4. The van der Waals surface area contributed by atoms with E-state index >= 15 is 0 Å².